The summed E-state index contributed by atoms with van der Waals surface area (Å²) in [6.45, 7) is 4.64. The number of unbranched alkanes of at least 4 members (excludes halogenated alkanes) is 17. The highest BCUT2D eigenvalue weighted by Crippen LogP contribution is 2.13. The van der Waals surface area contributed by atoms with E-state index in [9.17, 15) is 19.5 Å². The molecule has 1 N–H and O–H groups in total. The summed E-state index contributed by atoms with van der Waals surface area (Å²) in [5.74, 6) is -1.52. The second-order valence-electron chi connectivity index (χ2n) is 15.7. The van der Waals surface area contributed by atoms with Crippen LogP contribution in [0.4, 0.5) is 0 Å². The molecule has 0 aliphatic rings. The number of aliphatic carboxylic acids is 1. The van der Waals surface area contributed by atoms with Gasteiger partial charge in [-0.3, -0.25) is 9.59 Å². The van der Waals surface area contributed by atoms with Crippen LogP contribution in [0.3, 0.4) is 0 Å². The monoisotopic (exact) mass is 773 g/mol. The zero-order chi connectivity index (χ0) is 40.7. The number of quaternary nitrogens is 1. The van der Waals surface area contributed by atoms with Gasteiger partial charge in [-0.15, -0.1) is 0 Å². The molecule has 0 aliphatic carbocycles. The van der Waals surface area contributed by atoms with Crippen molar-refractivity contribution in [3.8, 4) is 0 Å². The quantitative estimate of drug-likeness (QED) is 0.0219. The zero-order valence-corrected chi connectivity index (χ0v) is 35.9. The van der Waals surface area contributed by atoms with Gasteiger partial charge >= 0.3 is 17.9 Å². The number of carbonyl (C=O) groups is 3. The van der Waals surface area contributed by atoms with Gasteiger partial charge in [0.05, 0.1) is 34.4 Å². The Kier molecular flexibility index (Phi) is 35.9. The summed E-state index contributed by atoms with van der Waals surface area (Å²) in [5, 5.41) is 9.61. The normalized spacial score (nSPS) is 13.5. The van der Waals surface area contributed by atoms with Crippen molar-refractivity contribution in [2.75, 3.05) is 41.0 Å². The Labute approximate surface area is 337 Å². The molecule has 8 heteroatoms. The number of allylic oxidation sites excluding steroid dienone is 10. The molecule has 2 unspecified atom stereocenters. The summed E-state index contributed by atoms with van der Waals surface area (Å²) < 4.78 is 17.2. The molecule has 0 aliphatic heterocycles. The van der Waals surface area contributed by atoms with E-state index in [1.807, 2.05) is 21.1 Å². The van der Waals surface area contributed by atoms with Crippen molar-refractivity contribution >= 4 is 17.9 Å². The number of hydrogen-bond donors (Lipinski definition) is 1. The lowest BCUT2D eigenvalue weighted by Crippen LogP contribution is -2.50. The molecule has 0 spiro atoms. The van der Waals surface area contributed by atoms with Gasteiger partial charge in [0.2, 0.25) is 0 Å². The standard InChI is InChI=1S/C47H81NO7/c1-6-8-10-12-14-16-18-20-21-22-23-24-26-27-29-31-33-35-37-45(49)54-42-43(41-53-40-39-44(47(51)52)48(3,4)5)55-46(50)38-36-34-32-30-28-25-19-17-15-13-11-9-7-2/h14,16,18,20-25,28,43-44H,6-13,15,17,19,26-27,29-42H2,1-5H3/p+1/b16-14+,20-18+,22-21+,24-23+,28-25+. The lowest BCUT2D eigenvalue weighted by Gasteiger charge is -2.31. The predicted molar refractivity (Wildman–Crippen MR) is 229 cm³/mol. The smallest absolute Gasteiger partial charge is 0.362 e. The molecule has 0 fully saturated rings. The number of rotatable bonds is 38. The summed E-state index contributed by atoms with van der Waals surface area (Å²) >= 11 is 0. The van der Waals surface area contributed by atoms with Crippen molar-refractivity contribution in [2.24, 2.45) is 0 Å². The van der Waals surface area contributed by atoms with Crippen LogP contribution in [0, 0.1) is 0 Å². The summed E-state index contributed by atoms with van der Waals surface area (Å²) in [4.78, 5) is 36.9. The third kappa shape index (κ3) is 36.4. The van der Waals surface area contributed by atoms with Gasteiger partial charge < -0.3 is 23.8 Å². The minimum atomic E-state index is -0.883. The minimum absolute atomic E-state index is 0.0450. The lowest BCUT2D eigenvalue weighted by molar-refractivity contribution is -0.887. The molecule has 0 radical (unpaired) electrons. The molecule has 0 rings (SSSR count). The molecular formula is C47H82NO7+. The molecule has 2 atom stereocenters. The molecule has 0 aromatic heterocycles. The number of carboxylic acid groups (broad SMARTS) is 1. The van der Waals surface area contributed by atoms with E-state index in [1.165, 1.54) is 57.8 Å². The van der Waals surface area contributed by atoms with E-state index < -0.39 is 18.1 Å². The first-order chi connectivity index (χ1) is 26.6. The van der Waals surface area contributed by atoms with Gasteiger partial charge in [-0.25, -0.2) is 4.79 Å². The van der Waals surface area contributed by atoms with Crippen LogP contribution in [0.5, 0.6) is 0 Å². The largest absolute Gasteiger partial charge is 0.477 e. The van der Waals surface area contributed by atoms with Crippen molar-refractivity contribution in [2.45, 2.75) is 180 Å². The number of nitrogens with zero attached hydrogens (tertiary/aromatic N) is 1. The first-order valence-electron chi connectivity index (χ1n) is 21.9. The maximum atomic E-state index is 12.7. The van der Waals surface area contributed by atoms with E-state index in [0.717, 1.165) is 77.0 Å². The van der Waals surface area contributed by atoms with Gasteiger partial charge in [-0.2, -0.15) is 0 Å². The minimum Gasteiger partial charge on any atom is -0.477 e. The second-order valence-corrected chi connectivity index (χ2v) is 15.7. The highest BCUT2D eigenvalue weighted by atomic mass is 16.6. The van der Waals surface area contributed by atoms with Gasteiger partial charge in [-0.05, 0) is 64.2 Å². The third-order valence-corrected chi connectivity index (χ3v) is 9.48. The summed E-state index contributed by atoms with van der Waals surface area (Å²) in [6.07, 6.45) is 45.4. The zero-order valence-electron chi connectivity index (χ0n) is 35.9. The van der Waals surface area contributed by atoms with E-state index >= 15 is 0 Å². The number of ether oxygens (including phenoxy) is 3. The van der Waals surface area contributed by atoms with E-state index in [1.54, 1.807) is 0 Å². The Morgan fingerprint density at radius 2 is 0.982 bits per heavy atom. The Bertz CT molecular complexity index is 1090. The fraction of sp³-hybridized carbons (Fsp3) is 0.723. The fourth-order valence-electron chi connectivity index (χ4n) is 6.04. The van der Waals surface area contributed by atoms with Crippen molar-refractivity contribution in [1.82, 2.24) is 0 Å². The summed E-state index contributed by atoms with van der Waals surface area (Å²) in [7, 11) is 5.51. The van der Waals surface area contributed by atoms with Gasteiger partial charge in [0.25, 0.3) is 0 Å². The number of carbonyl (C=O) groups excluding carboxylic acids is 2. The number of likely N-dealkylation sites (N-methyl/N-ethyl adjacent to an activating group) is 1. The van der Waals surface area contributed by atoms with Crippen molar-refractivity contribution in [3.63, 3.8) is 0 Å². The van der Waals surface area contributed by atoms with Crippen LogP contribution in [0.1, 0.15) is 168 Å². The molecule has 55 heavy (non-hydrogen) atoms. The van der Waals surface area contributed by atoms with Crippen molar-refractivity contribution in [3.05, 3.63) is 60.8 Å². The molecule has 0 aromatic rings. The van der Waals surface area contributed by atoms with E-state index in [4.69, 9.17) is 14.2 Å². The summed E-state index contributed by atoms with van der Waals surface area (Å²) in [6, 6.07) is -0.622. The topological polar surface area (TPSA) is 99.1 Å². The molecule has 0 heterocycles. The summed E-state index contributed by atoms with van der Waals surface area (Å²) in [5.41, 5.74) is 0. The predicted octanol–water partition coefficient (Wildman–Crippen LogP) is 11.8. The van der Waals surface area contributed by atoms with Gasteiger partial charge in [0, 0.05) is 19.3 Å². The maximum absolute atomic E-state index is 12.7. The fourth-order valence-corrected chi connectivity index (χ4v) is 6.04. The van der Waals surface area contributed by atoms with Crippen LogP contribution in [0.2, 0.25) is 0 Å². The van der Waals surface area contributed by atoms with Crippen LogP contribution >= 0.6 is 0 Å². The SMILES string of the molecule is CCCCC/C=C/C=C/C=C/C=C/CCCCCCCC(=O)OCC(COCCC(C(=O)O)[N+](C)(C)C)OC(=O)CCCCC/C=C/CCCCCCCC. The molecule has 0 amide bonds. The van der Waals surface area contributed by atoms with Crippen LogP contribution in [-0.2, 0) is 28.6 Å². The Balaban J connectivity index is 4.43. The number of carboxylic acids is 1. The average Bonchev–Trinajstić information content (AvgIpc) is 3.14. The van der Waals surface area contributed by atoms with E-state index in [2.05, 4.69) is 74.6 Å². The average molecular weight is 773 g/mol. The Hall–Kier alpha value is -2.97. The number of hydrogen-bond acceptors (Lipinski definition) is 6. The molecule has 0 saturated carbocycles. The van der Waals surface area contributed by atoms with E-state index in [0.29, 0.717) is 19.3 Å². The molecule has 0 saturated heterocycles. The number of esters is 2. The highest BCUT2D eigenvalue weighted by molar-refractivity contribution is 5.72. The Morgan fingerprint density at radius 3 is 1.53 bits per heavy atom. The van der Waals surface area contributed by atoms with Crippen LogP contribution in [-0.4, -0.2) is 80.6 Å². The van der Waals surface area contributed by atoms with Crippen LogP contribution in [0.25, 0.3) is 0 Å². The van der Waals surface area contributed by atoms with Gasteiger partial charge in [0.15, 0.2) is 12.1 Å². The third-order valence-electron chi connectivity index (χ3n) is 9.48. The Morgan fingerprint density at radius 1 is 0.545 bits per heavy atom. The molecular weight excluding hydrogens is 691 g/mol. The highest BCUT2D eigenvalue weighted by Gasteiger charge is 2.31. The molecule has 316 valence electrons. The molecule has 0 bridgehead atoms. The second kappa shape index (κ2) is 37.9. The molecule has 8 nitrogen and oxygen atoms in total. The molecule has 0 aromatic carbocycles. The van der Waals surface area contributed by atoms with Crippen molar-refractivity contribution < 1.29 is 38.2 Å². The van der Waals surface area contributed by atoms with Crippen LogP contribution in [0.15, 0.2) is 60.8 Å². The van der Waals surface area contributed by atoms with E-state index in [-0.39, 0.29) is 36.2 Å². The van der Waals surface area contributed by atoms with Crippen LogP contribution < -0.4 is 0 Å². The maximum Gasteiger partial charge on any atom is 0.362 e. The van der Waals surface area contributed by atoms with Gasteiger partial charge in [0.1, 0.15) is 6.61 Å². The van der Waals surface area contributed by atoms with Crippen molar-refractivity contribution in [1.29, 1.82) is 0 Å². The first kappa shape index (κ1) is 52.0. The van der Waals surface area contributed by atoms with Gasteiger partial charge in [-0.1, -0.05) is 145 Å². The first-order valence-corrected chi connectivity index (χ1v) is 21.9. The lowest BCUT2D eigenvalue weighted by atomic mass is 10.1.